The zero-order chi connectivity index (χ0) is 17.9. The molecule has 0 saturated carbocycles. The Morgan fingerprint density at radius 2 is 1.54 bits per heavy atom. The fourth-order valence-corrected chi connectivity index (χ4v) is 3.33. The molecule has 2 heterocycles. The lowest BCUT2D eigenvalue weighted by Crippen LogP contribution is -2.42. The van der Waals surface area contributed by atoms with E-state index in [9.17, 15) is 8.78 Å². The first-order valence-corrected chi connectivity index (χ1v) is 8.59. The normalized spacial score (nSPS) is 20.2. The number of hydrogen-bond donors (Lipinski definition) is 1. The number of aliphatic imine (C=N–C) groups is 1. The Morgan fingerprint density at radius 3 is 2.19 bits per heavy atom. The first-order chi connectivity index (χ1) is 12.7. The molecule has 1 fully saturated rings. The molecule has 26 heavy (non-hydrogen) atoms. The summed E-state index contributed by atoms with van der Waals surface area (Å²) in [6.07, 6.45) is 1.67. The summed E-state index contributed by atoms with van der Waals surface area (Å²) in [7, 11) is 0. The molecule has 0 bridgehead atoms. The van der Waals surface area contributed by atoms with Gasteiger partial charge in [0.1, 0.15) is 23.5 Å². The number of hydrogen-bond acceptors (Lipinski definition) is 4. The summed E-state index contributed by atoms with van der Waals surface area (Å²) in [5, 5.41) is 3.25. The minimum Gasteiger partial charge on any atom is -0.378 e. The van der Waals surface area contributed by atoms with E-state index in [-0.39, 0.29) is 17.7 Å². The molecule has 0 aliphatic carbocycles. The highest BCUT2D eigenvalue weighted by molar-refractivity contribution is 5.80. The van der Waals surface area contributed by atoms with E-state index in [0.717, 1.165) is 35.6 Å². The number of ether oxygens (including phenoxy) is 1. The molecule has 0 amide bonds. The van der Waals surface area contributed by atoms with Crippen LogP contribution in [0.2, 0.25) is 0 Å². The predicted molar refractivity (Wildman–Crippen MR) is 96.5 cm³/mol. The van der Waals surface area contributed by atoms with E-state index < -0.39 is 0 Å². The summed E-state index contributed by atoms with van der Waals surface area (Å²) in [5.41, 5.74) is 2.71. The van der Waals surface area contributed by atoms with E-state index in [1.165, 1.54) is 24.3 Å². The summed E-state index contributed by atoms with van der Waals surface area (Å²) in [6, 6.07) is 12.5. The molecule has 1 N–H and O–H groups in total. The molecular formula is C20H19F2N3O. The molecule has 0 aromatic heterocycles. The maximum absolute atomic E-state index is 13.4. The van der Waals surface area contributed by atoms with Crippen molar-refractivity contribution in [1.82, 2.24) is 10.2 Å². The zero-order valence-corrected chi connectivity index (χ0v) is 14.2. The minimum atomic E-state index is -0.292. The van der Waals surface area contributed by atoms with Gasteiger partial charge in [0, 0.05) is 18.7 Å². The first-order valence-electron chi connectivity index (χ1n) is 8.59. The van der Waals surface area contributed by atoms with Crippen molar-refractivity contribution in [3.63, 3.8) is 0 Å². The van der Waals surface area contributed by atoms with Crippen molar-refractivity contribution in [1.29, 1.82) is 0 Å². The summed E-state index contributed by atoms with van der Waals surface area (Å²) in [6.45, 7) is 2.83. The lowest BCUT2D eigenvalue weighted by Gasteiger charge is -2.35. The lowest BCUT2D eigenvalue weighted by atomic mass is 9.92. The van der Waals surface area contributed by atoms with E-state index in [2.05, 4.69) is 15.2 Å². The van der Waals surface area contributed by atoms with Crippen LogP contribution in [0.25, 0.3) is 5.57 Å². The first kappa shape index (κ1) is 16.7. The van der Waals surface area contributed by atoms with Crippen molar-refractivity contribution in [2.75, 3.05) is 26.3 Å². The average Bonchev–Trinajstić information content (AvgIpc) is 2.69. The highest BCUT2D eigenvalue weighted by Crippen LogP contribution is 2.37. The van der Waals surface area contributed by atoms with Gasteiger partial charge in [-0.2, -0.15) is 0 Å². The number of morpholine rings is 1. The Morgan fingerprint density at radius 1 is 0.923 bits per heavy atom. The van der Waals surface area contributed by atoms with Crippen molar-refractivity contribution in [3.05, 3.63) is 77.1 Å². The maximum Gasteiger partial charge on any atom is 0.123 e. The van der Waals surface area contributed by atoms with E-state index >= 15 is 0 Å². The molecule has 6 heteroatoms. The lowest BCUT2D eigenvalue weighted by molar-refractivity contribution is 0.0518. The van der Waals surface area contributed by atoms with Gasteiger partial charge in [-0.15, -0.1) is 0 Å². The SMILES string of the molecule is Fc1ccc(C2=C(N3CCOCC3)NC=NC2c2ccc(F)cc2)cc1. The van der Waals surface area contributed by atoms with Gasteiger partial charge >= 0.3 is 0 Å². The average molecular weight is 355 g/mol. The number of halogens is 2. The highest BCUT2D eigenvalue weighted by atomic mass is 19.1. The van der Waals surface area contributed by atoms with Gasteiger partial charge in [0.15, 0.2) is 0 Å². The van der Waals surface area contributed by atoms with E-state index in [1.807, 2.05) is 0 Å². The van der Waals surface area contributed by atoms with Crippen LogP contribution < -0.4 is 5.32 Å². The number of nitrogens with one attached hydrogen (secondary N) is 1. The molecule has 134 valence electrons. The van der Waals surface area contributed by atoms with Crippen LogP contribution in [0.3, 0.4) is 0 Å². The molecule has 2 aromatic rings. The van der Waals surface area contributed by atoms with Crippen LogP contribution in [0.5, 0.6) is 0 Å². The zero-order valence-electron chi connectivity index (χ0n) is 14.2. The van der Waals surface area contributed by atoms with Crippen LogP contribution >= 0.6 is 0 Å². The Kier molecular flexibility index (Phi) is 4.67. The van der Waals surface area contributed by atoms with Crippen molar-refractivity contribution in [3.8, 4) is 0 Å². The maximum atomic E-state index is 13.4. The second-order valence-corrected chi connectivity index (χ2v) is 6.25. The third kappa shape index (κ3) is 3.32. The summed E-state index contributed by atoms with van der Waals surface area (Å²) < 4.78 is 32.3. The van der Waals surface area contributed by atoms with E-state index in [4.69, 9.17) is 4.74 Å². The van der Waals surface area contributed by atoms with Crippen LogP contribution in [-0.4, -0.2) is 37.5 Å². The summed E-state index contributed by atoms with van der Waals surface area (Å²) in [5.74, 6) is 0.365. The van der Waals surface area contributed by atoms with Gasteiger partial charge in [0.25, 0.3) is 0 Å². The molecular weight excluding hydrogens is 336 g/mol. The van der Waals surface area contributed by atoms with Crippen molar-refractivity contribution in [2.45, 2.75) is 6.04 Å². The van der Waals surface area contributed by atoms with Gasteiger partial charge in [0.05, 0.1) is 19.6 Å². The molecule has 1 unspecified atom stereocenters. The fraction of sp³-hybridized carbons (Fsp3) is 0.250. The second kappa shape index (κ2) is 7.25. The Labute approximate surface area is 150 Å². The molecule has 2 aliphatic rings. The second-order valence-electron chi connectivity index (χ2n) is 6.25. The molecule has 4 nitrogen and oxygen atoms in total. The smallest absolute Gasteiger partial charge is 0.123 e. The Bertz CT molecular complexity index is 825. The predicted octanol–water partition coefficient (Wildman–Crippen LogP) is 3.34. The topological polar surface area (TPSA) is 36.9 Å². The van der Waals surface area contributed by atoms with Gasteiger partial charge in [-0.1, -0.05) is 24.3 Å². The monoisotopic (exact) mass is 355 g/mol. The molecule has 2 aliphatic heterocycles. The minimum absolute atomic E-state index is 0.284. The highest BCUT2D eigenvalue weighted by Gasteiger charge is 2.28. The standard InChI is InChI=1S/C20H19F2N3O/c21-16-5-1-14(2-6-16)18-19(15-3-7-17(22)8-4-15)23-13-24-20(18)25-9-11-26-12-10-25/h1-8,13,19H,9-12H2,(H,23,24). The quantitative estimate of drug-likeness (QED) is 0.918. The third-order valence-corrected chi connectivity index (χ3v) is 4.62. The van der Waals surface area contributed by atoms with Crippen LogP contribution in [0.4, 0.5) is 8.78 Å². The molecule has 0 radical (unpaired) electrons. The van der Waals surface area contributed by atoms with Gasteiger partial charge < -0.3 is 15.0 Å². The van der Waals surface area contributed by atoms with Gasteiger partial charge in [-0.05, 0) is 35.4 Å². The molecule has 2 aromatic carbocycles. The van der Waals surface area contributed by atoms with Crippen molar-refractivity contribution < 1.29 is 13.5 Å². The van der Waals surface area contributed by atoms with E-state index in [0.29, 0.717) is 13.2 Å². The molecule has 4 rings (SSSR count). The van der Waals surface area contributed by atoms with Gasteiger partial charge in [0.2, 0.25) is 0 Å². The third-order valence-electron chi connectivity index (χ3n) is 4.62. The van der Waals surface area contributed by atoms with Crippen LogP contribution in [0.1, 0.15) is 17.2 Å². The fourth-order valence-electron chi connectivity index (χ4n) is 3.33. The summed E-state index contributed by atoms with van der Waals surface area (Å²) >= 11 is 0. The van der Waals surface area contributed by atoms with Gasteiger partial charge in [-0.3, -0.25) is 4.99 Å². The van der Waals surface area contributed by atoms with Crippen molar-refractivity contribution in [2.24, 2.45) is 4.99 Å². The molecule has 0 spiro atoms. The number of benzene rings is 2. The largest absolute Gasteiger partial charge is 0.378 e. The Hall–Kier alpha value is -2.73. The van der Waals surface area contributed by atoms with Gasteiger partial charge in [-0.25, -0.2) is 8.78 Å². The number of nitrogens with zero attached hydrogens (tertiary/aromatic N) is 2. The Balaban J connectivity index is 1.81. The van der Waals surface area contributed by atoms with Crippen LogP contribution in [0, 0.1) is 11.6 Å². The van der Waals surface area contributed by atoms with Crippen molar-refractivity contribution >= 4 is 11.9 Å². The van der Waals surface area contributed by atoms with E-state index in [1.54, 1.807) is 30.6 Å². The molecule has 1 atom stereocenters. The van der Waals surface area contributed by atoms with Crippen LogP contribution in [-0.2, 0) is 4.74 Å². The molecule has 1 saturated heterocycles. The summed E-state index contributed by atoms with van der Waals surface area (Å²) in [4.78, 5) is 6.80. The number of rotatable bonds is 3. The van der Waals surface area contributed by atoms with Crippen LogP contribution in [0.15, 0.2) is 59.3 Å².